The molecule has 1 fully saturated rings. The van der Waals surface area contributed by atoms with Gasteiger partial charge in [0.25, 0.3) is 0 Å². The highest BCUT2D eigenvalue weighted by Crippen LogP contribution is 2.27. The molecule has 19 heavy (non-hydrogen) atoms. The molecule has 1 aliphatic carbocycles. The molecule has 1 aromatic rings. The zero-order valence-corrected chi connectivity index (χ0v) is 11.9. The lowest BCUT2D eigenvalue weighted by Gasteiger charge is -2.32. The number of nitrogens with two attached hydrogens (primary N) is 1. The van der Waals surface area contributed by atoms with Crippen LogP contribution in [0.15, 0.2) is 24.3 Å². The molecule has 1 saturated carbocycles. The molecule has 0 heterocycles. The maximum absolute atomic E-state index is 5.87. The Morgan fingerprint density at radius 1 is 1.21 bits per heavy atom. The topological polar surface area (TPSA) is 47.3 Å². The van der Waals surface area contributed by atoms with E-state index >= 15 is 0 Å². The molecule has 2 rings (SSSR count). The zero-order valence-electron chi connectivity index (χ0n) is 11.9. The van der Waals surface area contributed by atoms with Gasteiger partial charge in [-0.2, -0.15) is 0 Å². The Bertz CT molecular complexity index is 364. The molecule has 0 spiro atoms. The van der Waals surface area contributed by atoms with Crippen LogP contribution in [0.3, 0.4) is 0 Å². The minimum absolute atomic E-state index is 0.529. The summed E-state index contributed by atoms with van der Waals surface area (Å²) in [6.07, 6.45) is 6.16. The largest absolute Gasteiger partial charge is 0.494 e. The number of benzene rings is 1. The van der Waals surface area contributed by atoms with Crippen molar-refractivity contribution in [2.45, 2.75) is 45.1 Å². The van der Waals surface area contributed by atoms with Crippen molar-refractivity contribution >= 4 is 5.69 Å². The molecule has 2 unspecified atom stereocenters. The van der Waals surface area contributed by atoms with E-state index in [1.807, 2.05) is 12.1 Å². The molecule has 0 aliphatic heterocycles. The number of anilines is 1. The first-order chi connectivity index (χ1) is 9.33. The Kier molecular flexibility index (Phi) is 5.52. The second-order valence-electron chi connectivity index (χ2n) is 5.40. The Morgan fingerprint density at radius 2 is 1.95 bits per heavy atom. The van der Waals surface area contributed by atoms with Gasteiger partial charge in [0, 0.05) is 11.7 Å². The van der Waals surface area contributed by atoms with E-state index in [-0.39, 0.29) is 0 Å². The highest BCUT2D eigenvalue weighted by atomic mass is 16.5. The van der Waals surface area contributed by atoms with Crippen LogP contribution in [0.2, 0.25) is 0 Å². The molecule has 0 aromatic heterocycles. The van der Waals surface area contributed by atoms with Crippen molar-refractivity contribution in [2.75, 3.05) is 18.5 Å². The molecular weight excluding hydrogens is 236 g/mol. The van der Waals surface area contributed by atoms with E-state index in [0.717, 1.165) is 25.3 Å². The van der Waals surface area contributed by atoms with Crippen LogP contribution in [0.25, 0.3) is 0 Å². The predicted molar refractivity (Wildman–Crippen MR) is 80.7 cm³/mol. The minimum Gasteiger partial charge on any atom is -0.494 e. The van der Waals surface area contributed by atoms with Crippen molar-refractivity contribution in [1.29, 1.82) is 0 Å². The summed E-state index contributed by atoms with van der Waals surface area (Å²) in [5, 5.41) is 3.63. The Morgan fingerprint density at radius 3 is 2.63 bits per heavy atom. The molecule has 3 nitrogen and oxygen atoms in total. The summed E-state index contributed by atoms with van der Waals surface area (Å²) in [5.74, 6) is 1.57. The lowest BCUT2D eigenvalue weighted by molar-refractivity contribution is 0.317. The van der Waals surface area contributed by atoms with Crippen LogP contribution >= 0.6 is 0 Å². The van der Waals surface area contributed by atoms with Crippen LogP contribution in [0.4, 0.5) is 5.69 Å². The second-order valence-corrected chi connectivity index (χ2v) is 5.40. The molecular formula is C16H26N2O. The quantitative estimate of drug-likeness (QED) is 0.826. The Balaban J connectivity index is 1.90. The van der Waals surface area contributed by atoms with Crippen LogP contribution < -0.4 is 15.8 Å². The Labute approximate surface area is 116 Å². The molecule has 3 N–H and O–H groups in total. The SMILES string of the molecule is CCCOc1ccc(NC2CCCCC2CN)cc1. The normalized spacial score (nSPS) is 23.1. The van der Waals surface area contributed by atoms with Crippen molar-refractivity contribution in [1.82, 2.24) is 0 Å². The van der Waals surface area contributed by atoms with Gasteiger partial charge in [0.15, 0.2) is 0 Å². The average Bonchev–Trinajstić information content (AvgIpc) is 2.47. The van der Waals surface area contributed by atoms with E-state index in [1.165, 1.54) is 31.4 Å². The van der Waals surface area contributed by atoms with E-state index in [1.54, 1.807) is 0 Å². The number of hydrogen-bond acceptors (Lipinski definition) is 3. The lowest BCUT2D eigenvalue weighted by atomic mass is 9.84. The molecule has 3 heteroatoms. The summed E-state index contributed by atoms with van der Waals surface area (Å²) in [7, 11) is 0. The van der Waals surface area contributed by atoms with Crippen molar-refractivity contribution < 1.29 is 4.74 Å². The van der Waals surface area contributed by atoms with E-state index in [0.29, 0.717) is 12.0 Å². The van der Waals surface area contributed by atoms with Gasteiger partial charge < -0.3 is 15.8 Å². The summed E-state index contributed by atoms with van der Waals surface area (Å²) >= 11 is 0. The molecule has 2 atom stereocenters. The maximum Gasteiger partial charge on any atom is 0.119 e. The van der Waals surface area contributed by atoms with Gasteiger partial charge in [0.2, 0.25) is 0 Å². The number of ether oxygens (including phenoxy) is 1. The van der Waals surface area contributed by atoms with Crippen LogP contribution in [-0.2, 0) is 0 Å². The first-order valence-corrected chi connectivity index (χ1v) is 7.53. The van der Waals surface area contributed by atoms with Gasteiger partial charge >= 0.3 is 0 Å². The maximum atomic E-state index is 5.87. The summed E-state index contributed by atoms with van der Waals surface area (Å²) < 4.78 is 5.59. The minimum atomic E-state index is 0.529. The van der Waals surface area contributed by atoms with Gasteiger partial charge in [-0.05, 0) is 56.0 Å². The van der Waals surface area contributed by atoms with Crippen molar-refractivity contribution in [3.63, 3.8) is 0 Å². The number of hydrogen-bond donors (Lipinski definition) is 2. The standard InChI is InChI=1S/C16H26N2O/c1-2-11-19-15-9-7-14(8-10-15)18-16-6-4-3-5-13(16)12-17/h7-10,13,16,18H,2-6,11-12,17H2,1H3. The van der Waals surface area contributed by atoms with Gasteiger partial charge in [-0.3, -0.25) is 0 Å². The second kappa shape index (κ2) is 7.39. The molecule has 0 saturated heterocycles. The predicted octanol–water partition coefficient (Wildman–Crippen LogP) is 3.40. The monoisotopic (exact) mass is 262 g/mol. The summed E-state index contributed by atoms with van der Waals surface area (Å²) in [6, 6.07) is 8.82. The first-order valence-electron chi connectivity index (χ1n) is 7.53. The van der Waals surface area contributed by atoms with E-state index in [9.17, 15) is 0 Å². The molecule has 106 valence electrons. The fraction of sp³-hybridized carbons (Fsp3) is 0.625. The molecule has 0 radical (unpaired) electrons. The first kappa shape index (κ1) is 14.2. The third-order valence-electron chi connectivity index (χ3n) is 3.89. The van der Waals surface area contributed by atoms with Crippen LogP contribution in [0.5, 0.6) is 5.75 Å². The number of nitrogens with one attached hydrogen (secondary N) is 1. The highest BCUT2D eigenvalue weighted by Gasteiger charge is 2.23. The van der Waals surface area contributed by atoms with E-state index in [4.69, 9.17) is 10.5 Å². The van der Waals surface area contributed by atoms with Gasteiger partial charge in [0.05, 0.1) is 6.61 Å². The van der Waals surface area contributed by atoms with Crippen LogP contribution in [-0.4, -0.2) is 19.2 Å². The van der Waals surface area contributed by atoms with Crippen molar-refractivity contribution in [3.8, 4) is 5.75 Å². The van der Waals surface area contributed by atoms with Gasteiger partial charge in [-0.1, -0.05) is 19.8 Å². The van der Waals surface area contributed by atoms with Gasteiger partial charge in [0.1, 0.15) is 5.75 Å². The molecule has 1 aromatic carbocycles. The highest BCUT2D eigenvalue weighted by molar-refractivity contribution is 5.47. The van der Waals surface area contributed by atoms with Gasteiger partial charge in [-0.25, -0.2) is 0 Å². The zero-order chi connectivity index (χ0) is 13.5. The number of rotatable bonds is 6. The molecule has 0 bridgehead atoms. The third kappa shape index (κ3) is 4.13. The van der Waals surface area contributed by atoms with Crippen LogP contribution in [0.1, 0.15) is 39.0 Å². The van der Waals surface area contributed by atoms with Crippen molar-refractivity contribution in [2.24, 2.45) is 11.7 Å². The average molecular weight is 262 g/mol. The van der Waals surface area contributed by atoms with Crippen molar-refractivity contribution in [3.05, 3.63) is 24.3 Å². The fourth-order valence-electron chi connectivity index (χ4n) is 2.76. The van der Waals surface area contributed by atoms with E-state index in [2.05, 4.69) is 24.4 Å². The third-order valence-corrected chi connectivity index (χ3v) is 3.89. The molecule has 1 aliphatic rings. The summed E-state index contributed by atoms with van der Waals surface area (Å²) in [6.45, 7) is 3.69. The summed E-state index contributed by atoms with van der Waals surface area (Å²) in [4.78, 5) is 0. The molecule has 0 amide bonds. The summed E-state index contributed by atoms with van der Waals surface area (Å²) in [5.41, 5.74) is 7.04. The smallest absolute Gasteiger partial charge is 0.119 e. The van der Waals surface area contributed by atoms with Crippen LogP contribution in [0, 0.1) is 5.92 Å². The Hall–Kier alpha value is -1.22. The van der Waals surface area contributed by atoms with E-state index < -0.39 is 0 Å². The fourth-order valence-corrected chi connectivity index (χ4v) is 2.76. The van der Waals surface area contributed by atoms with Gasteiger partial charge in [-0.15, -0.1) is 0 Å². The lowest BCUT2D eigenvalue weighted by Crippen LogP contribution is -2.36.